The zero-order chi connectivity index (χ0) is 17.1. The first kappa shape index (κ1) is 16.0. The van der Waals surface area contributed by atoms with Crippen LogP contribution in [0.2, 0.25) is 0 Å². The van der Waals surface area contributed by atoms with E-state index in [-0.39, 0.29) is 11.9 Å². The first-order valence-electron chi connectivity index (χ1n) is 8.05. The van der Waals surface area contributed by atoms with Crippen LogP contribution in [0.4, 0.5) is 5.82 Å². The smallest absolute Gasteiger partial charge is 0.245 e. The number of nitrogens with one attached hydrogen (secondary N) is 1. The fourth-order valence-corrected chi connectivity index (χ4v) is 2.84. The second kappa shape index (κ2) is 6.71. The number of aromatic nitrogens is 1. The first-order chi connectivity index (χ1) is 11.6. The van der Waals surface area contributed by atoms with Gasteiger partial charge in [-0.3, -0.25) is 4.79 Å². The van der Waals surface area contributed by atoms with E-state index in [1.807, 2.05) is 24.0 Å². The standard InChI is InChI=1S/C19H20N4O/c1-13-3-6-15(7-4-13)12-23-10-9-16(19(23)24)21-18-8-5-14(2)17(11-20)22-18/h3-8,16H,9-10,12H2,1-2H3,(H,21,22). The largest absolute Gasteiger partial charge is 0.358 e. The molecule has 122 valence electrons. The minimum Gasteiger partial charge on any atom is -0.358 e. The van der Waals surface area contributed by atoms with Crippen LogP contribution in [-0.4, -0.2) is 28.4 Å². The molecular formula is C19H20N4O. The van der Waals surface area contributed by atoms with E-state index in [4.69, 9.17) is 5.26 Å². The number of rotatable bonds is 4. The van der Waals surface area contributed by atoms with E-state index in [2.05, 4.69) is 47.6 Å². The van der Waals surface area contributed by atoms with Gasteiger partial charge in [0.1, 0.15) is 23.6 Å². The predicted molar refractivity (Wildman–Crippen MR) is 92.3 cm³/mol. The SMILES string of the molecule is Cc1ccc(CN2CCC(Nc3ccc(C)c(C#N)n3)C2=O)cc1. The maximum absolute atomic E-state index is 12.6. The summed E-state index contributed by atoms with van der Waals surface area (Å²) in [7, 11) is 0. The van der Waals surface area contributed by atoms with Crippen molar-refractivity contribution in [3.05, 3.63) is 58.8 Å². The van der Waals surface area contributed by atoms with Crippen LogP contribution in [0.5, 0.6) is 0 Å². The number of nitrogens with zero attached hydrogens (tertiary/aromatic N) is 3. The van der Waals surface area contributed by atoms with Crippen molar-refractivity contribution in [1.82, 2.24) is 9.88 Å². The lowest BCUT2D eigenvalue weighted by molar-refractivity contribution is -0.128. The molecule has 0 saturated carbocycles. The summed E-state index contributed by atoms with van der Waals surface area (Å²) in [6, 6.07) is 13.7. The summed E-state index contributed by atoms with van der Waals surface area (Å²) in [4.78, 5) is 18.7. The summed E-state index contributed by atoms with van der Waals surface area (Å²) in [5.41, 5.74) is 3.57. The Kier molecular flexibility index (Phi) is 4.48. The summed E-state index contributed by atoms with van der Waals surface area (Å²) < 4.78 is 0. The highest BCUT2D eigenvalue weighted by molar-refractivity contribution is 5.86. The number of likely N-dealkylation sites (tertiary alicyclic amines) is 1. The molecule has 2 heterocycles. The minimum absolute atomic E-state index is 0.0801. The number of anilines is 1. The van der Waals surface area contributed by atoms with Gasteiger partial charge in [0, 0.05) is 13.1 Å². The predicted octanol–water partition coefficient (Wildman–Crippen LogP) is 2.78. The van der Waals surface area contributed by atoms with E-state index in [0.29, 0.717) is 18.1 Å². The van der Waals surface area contributed by atoms with E-state index in [0.717, 1.165) is 24.1 Å². The lowest BCUT2D eigenvalue weighted by Crippen LogP contribution is -2.33. The van der Waals surface area contributed by atoms with Crippen LogP contribution in [0, 0.1) is 25.2 Å². The van der Waals surface area contributed by atoms with Gasteiger partial charge in [-0.2, -0.15) is 5.26 Å². The van der Waals surface area contributed by atoms with Crippen molar-refractivity contribution >= 4 is 11.7 Å². The number of benzene rings is 1. The quantitative estimate of drug-likeness (QED) is 0.940. The zero-order valence-corrected chi connectivity index (χ0v) is 13.9. The number of aryl methyl sites for hydroxylation is 2. The van der Waals surface area contributed by atoms with E-state index >= 15 is 0 Å². The van der Waals surface area contributed by atoms with Crippen molar-refractivity contribution in [2.45, 2.75) is 32.9 Å². The lowest BCUT2D eigenvalue weighted by Gasteiger charge is -2.17. The van der Waals surface area contributed by atoms with Gasteiger partial charge in [-0.1, -0.05) is 35.9 Å². The van der Waals surface area contributed by atoms with Gasteiger partial charge in [0.15, 0.2) is 0 Å². The van der Waals surface area contributed by atoms with Gasteiger partial charge in [0.05, 0.1) is 0 Å². The van der Waals surface area contributed by atoms with Crippen LogP contribution < -0.4 is 5.32 Å². The molecular weight excluding hydrogens is 300 g/mol. The number of hydrogen-bond donors (Lipinski definition) is 1. The third-order valence-electron chi connectivity index (χ3n) is 4.32. The molecule has 1 N–H and O–H groups in total. The van der Waals surface area contributed by atoms with E-state index in [9.17, 15) is 4.79 Å². The second-order valence-electron chi connectivity index (χ2n) is 6.20. The molecule has 1 aromatic heterocycles. The van der Waals surface area contributed by atoms with Crippen LogP contribution in [-0.2, 0) is 11.3 Å². The monoisotopic (exact) mass is 320 g/mol. The Hall–Kier alpha value is -2.87. The van der Waals surface area contributed by atoms with Crippen molar-refractivity contribution in [2.24, 2.45) is 0 Å². The van der Waals surface area contributed by atoms with Gasteiger partial charge >= 0.3 is 0 Å². The van der Waals surface area contributed by atoms with Gasteiger partial charge in [0.25, 0.3) is 0 Å². The van der Waals surface area contributed by atoms with Crippen LogP contribution in [0.15, 0.2) is 36.4 Å². The summed E-state index contributed by atoms with van der Waals surface area (Å²) >= 11 is 0. The molecule has 0 bridgehead atoms. The molecule has 0 aliphatic carbocycles. The van der Waals surface area contributed by atoms with Gasteiger partial charge < -0.3 is 10.2 Å². The van der Waals surface area contributed by atoms with Crippen molar-refractivity contribution in [3.8, 4) is 6.07 Å². The molecule has 5 heteroatoms. The number of hydrogen-bond acceptors (Lipinski definition) is 4. The molecule has 1 atom stereocenters. The Bertz CT molecular complexity index is 792. The Balaban J connectivity index is 1.66. The minimum atomic E-state index is -0.280. The van der Waals surface area contributed by atoms with E-state index < -0.39 is 0 Å². The molecule has 0 radical (unpaired) electrons. The number of amides is 1. The van der Waals surface area contributed by atoms with Gasteiger partial charge in [-0.25, -0.2) is 4.98 Å². The highest BCUT2D eigenvalue weighted by Gasteiger charge is 2.31. The Morgan fingerprint density at radius 3 is 2.71 bits per heavy atom. The summed E-state index contributed by atoms with van der Waals surface area (Å²) in [5.74, 6) is 0.657. The molecule has 5 nitrogen and oxygen atoms in total. The van der Waals surface area contributed by atoms with Crippen molar-refractivity contribution in [1.29, 1.82) is 5.26 Å². The number of pyridine rings is 1. The zero-order valence-electron chi connectivity index (χ0n) is 13.9. The molecule has 1 saturated heterocycles. The normalized spacial score (nSPS) is 17.0. The third kappa shape index (κ3) is 3.38. The van der Waals surface area contributed by atoms with Crippen molar-refractivity contribution in [2.75, 3.05) is 11.9 Å². The van der Waals surface area contributed by atoms with E-state index in [1.165, 1.54) is 5.56 Å². The summed E-state index contributed by atoms with van der Waals surface area (Å²) in [6.07, 6.45) is 0.738. The van der Waals surface area contributed by atoms with Gasteiger partial charge in [-0.15, -0.1) is 0 Å². The average molecular weight is 320 g/mol. The molecule has 1 fully saturated rings. The fourth-order valence-electron chi connectivity index (χ4n) is 2.84. The maximum Gasteiger partial charge on any atom is 0.245 e. The van der Waals surface area contributed by atoms with Crippen LogP contribution in [0.3, 0.4) is 0 Å². The molecule has 1 aromatic carbocycles. The van der Waals surface area contributed by atoms with Crippen LogP contribution in [0.1, 0.15) is 28.8 Å². The summed E-state index contributed by atoms with van der Waals surface area (Å²) in [5, 5.41) is 12.2. The lowest BCUT2D eigenvalue weighted by atomic mass is 10.1. The summed E-state index contributed by atoms with van der Waals surface area (Å²) in [6.45, 7) is 5.25. The third-order valence-corrected chi connectivity index (χ3v) is 4.32. The number of nitriles is 1. The molecule has 2 aromatic rings. The molecule has 1 aliphatic heterocycles. The molecule has 1 unspecified atom stereocenters. The topological polar surface area (TPSA) is 69.0 Å². The molecule has 3 rings (SSSR count). The van der Waals surface area contributed by atoms with Crippen molar-refractivity contribution < 1.29 is 4.79 Å². The first-order valence-corrected chi connectivity index (χ1v) is 8.05. The van der Waals surface area contributed by atoms with E-state index in [1.54, 1.807) is 0 Å². The Morgan fingerprint density at radius 2 is 2.00 bits per heavy atom. The van der Waals surface area contributed by atoms with Gasteiger partial charge in [0.2, 0.25) is 5.91 Å². The highest BCUT2D eigenvalue weighted by atomic mass is 16.2. The Morgan fingerprint density at radius 1 is 1.25 bits per heavy atom. The highest BCUT2D eigenvalue weighted by Crippen LogP contribution is 2.19. The molecule has 24 heavy (non-hydrogen) atoms. The fraction of sp³-hybridized carbons (Fsp3) is 0.316. The maximum atomic E-state index is 12.6. The van der Waals surface area contributed by atoms with Crippen molar-refractivity contribution in [3.63, 3.8) is 0 Å². The number of carbonyl (C=O) groups is 1. The molecule has 0 spiro atoms. The molecule has 1 amide bonds. The number of carbonyl (C=O) groups excluding carboxylic acids is 1. The van der Waals surface area contributed by atoms with Crippen LogP contribution in [0.25, 0.3) is 0 Å². The Labute approximate surface area is 141 Å². The average Bonchev–Trinajstić information content (AvgIpc) is 2.92. The van der Waals surface area contributed by atoms with Gasteiger partial charge in [-0.05, 0) is 37.5 Å². The molecule has 1 aliphatic rings. The van der Waals surface area contributed by atoms with Crippen LogP contribution >= 0.6 is 0 Å². The second-order valence-corrected chi connectivity index (χ2v) is 6.20.